The van der Waals surface area contributed by atoms with Crippen LogP contribution in [0.15, 0.2) is 16.3 Å². The molecule has 0 aliphatic carbocycles. The Morgan fingerprint density at radius 3 is 2.73 bits per heavy atom. The number of nitrogens with zero attached hydrogens (tertiary/aromatic N) is 1. The fourth-order valence-corrected chi connectivity index (χ4v) is 0.959. The van der Waals surface area contributed by atoms with Gasteiger partial charge in [0.05, 0.1) is 6.42 Å². The Bertz CT molecular complexity index is 252. The molecule has 0 atom stereocenters. The number of carbonyl (C=O) groups is 1. The van der Waals surface area contributed by atoms with Crippen molar-refractivity contribution in [2.45, 2.75) is 13.3 Å². The number of amidine groups is 1. The fourth-order valence-electron chi connectivity index (χ4n) is 0.959. The van der Waals surface area contributed by atoms with E-state index >= 15 is 0 Å². The van der Waals surface area contributed by atoms with Gasteiger partial charge in [-0.05, 0) is 6.92 Å². The predicted octanol–water partition coefficient (Wildman–Crippen LogP) is -0.233. The zero-order valence-electron chi connectivity index (χ0n) is 6.64. The van der Waals surface area contributed by atoms with Crippen LogP contribution in [0.25, 0.3) is 0 Å². The summed E-state index contributed by atoms with van der Waals surface area (Å²) in [6.45, 7) is 1.87. The van der Waals surface area contributed by atoms with Crippen molar-refractivity contribution in [3.05, 3.63) is 11.3 Å². The Labute approximate surface area is 65.2 Å². The van der Waals surface area contributed by atoms with Crippen LogP contribution in [0.2, 0.25) is 0 Å². The van der Waals surface area contributed by atoms with E-state index in [4.69, 9.17) is 5.73 Å². The van der Waals surface area contributed by atoms with Crippen molar-refractivity contribution in [1.29, 1.82) is 0 Å². The topological polar surface area (TPSA) is 67.5 Å². The molecule has 0 aromatic rings. The number of allylic oxidation sites excluding steroid dienone is 1. The van der Waals surface area contributed by atoms with E-state index in [-0.39, 0.29) is 5.91 Å². The van der Waals surface area contributed by atoms with E-state index in [1.165, 1.54) is 0 Å². The second-order valence-corrected chi connectivity index (χ2v) is 2.42. The lowest BCUT2D eigenvalue weighted by molar-refractivity contribution is -0.116. The maximum absolute atomic E-state index is 10.8. The number of rotatable bonds is 1. The van der Waals surface area contributed by atoms with Gasteiger partial charge in [-0.15, -0.1) is 0 Å². The number of hydrogen-bond donors (Lipinski definition) is 2. The van der Waals surface area contributed by atoms with Crippen molar-refractivity contribution in [2.24, 2.45) is 10.7 Å². The van der Waals surface area contributed by atoms with Crippen LogP contribution in [0.3, 0.4) is 0 Å². The minimum atomic E-state index is -0.160. The van der Waals surface area contributed by atoms with E-state index in [0.29, 0.717) is 12.3 Å². The molecule has 1 aliphatic heterocycles. The van der Waals surface area contributed by atoms with Gasteiger partial charge >= 0.3 is 0 Å². The van der Waals surface area contributed by atoms with Crippen LogP contribution in [-0.4, -0.2) is 18.8 Å². The van der Waals surface area contributed by atoms with E-state index in [1.54, 1.807) is 7.05 Å². The third-order valence-corrected chi connectivity index (χ3v) is 1.71. The first-order valence-electron chi connectivity index (χ1n) is 3.40. The molecule has 11 heavy (non-hydrogen) atoms. The summed E-state index contributed by atoms with van der Waals surface area (Å²) in [5.41, 5.74) is 7.21. The lowest BCUT2D eigenvalue weighted by Crippen LogP contribution is -2.16. The van der Waals surface area contributed by atoms with Gasteiger partial charge in [-0.25, -0.2) is 0 Å². The highest BCUT2D eigenvalue weighted by atomic mass is 16.1. The first kappa shape index (κ1) is 7.78. The highest BCUT2D eigenvalue weighted by molar-refractivity contribution is 6.12. The van der Waals surface area contributed by atoms with E-state index < -0.39 is 0 Å². The summed E-state index contributed by atoms with van der Waals surface area (Å²) in [7, 11) is 1.79. The monoisotopic (exact) mass is 153 g/mol. The molecule has 0 aromatic heterocycles. The van der Waals surface area contributed by atoms with E-state index in [1.807, 2.05) is 6.92 Å². The first-order valence-corrected chi connectivity index (χ1v) is 3.40. The summed E-state index contributed by atoms with van der Waals surface area (Å²) >= 11 is 0. The molecule has 1 aliphatic rings. The Morgan fingerprint density at radius 2 is 2.36 bits per heavy atom. The first-order chi connectivity index (χ1) is 5.15. The van der Waals surface area contributed by atoms with E-state index in [9.17, 15) is 4.79 Å². The van der Waals surface area contributed by atoms with Crippen LogP contribution in [0.1, 0.15) is 13.3 Å². The molecule has 1 heterocycles. The summed E-state index contributed by atoms with van der Waals surface area (Å²) in [6.07, 6.45) is 0.332. The average Bonchev–Trinajstić information content (AvgIpc) is 2.28. The van der Waals surface area contributed by atoms with Crippen molar-refractivity contribution in [1.82, 2.24) is 5.32 Å². The maximum Gasteiger partial charge on any atom is 0.252 e. The quantitative estimate of drug-likeness (QED) is 0.546. The number of nitrogens with one attached hydrogen (secondary N) is 1. The third kappa shape index (κ3) is 1.39. The van der Waals surface area contributed by atoms with Crippen LogP contribution in [0, 0.1) is 0 Å². The van der Waals surface area contributed by atoms with Gasteiger partial charge < -0.3 is 11.1 Å². The molecule has 0 saturated heterocycles. The molecule has 0 bridgehead atoms. The molecule has 4 nitrogen and oxygen atoms in total. The Hall–Kier alpha value is -1.32. The van der Waals surface area contributed by atoms with Crippen LogP contribution in [0.4, 0.5) is 0 Å². The molecule has 0 unspecified atom stereocenters. The Balaban J connectivity index is 2.95. The summed E-state index contributed by atoms with van der Waals surface area (Å²) in [5, 5.41) is 2.92. The summed E-state index contributed by atoms with van der Waals surface area (Å²) in [4.78, 5) is 14.4. The van der Waals surface area contributed by atoms with Gasteiger partial charge in [0.25, 0.3) is 5.91 Å². The van der Waals surface area contributed by atoms with Gasteiger partial charge in [-0.2, -0.15) is 4.99 Å². The molecule has 0 radical (unpaired) electrons. The van der Waals surface area contributed by atoms with Gasteiger partial charge in [0.2, 0.25) is 0 Å². The predicted molar refractivity (Wildman–Crippen MR) is 43.0 cm³/mol. The Morgan fingerprint density at radius 1 is 1.73 bits per heavy atom. The maximum atomic E-state index is 10.8. The lowest BCUT2D eigenvalue weighted by Gasteiger charge is -2.03. The van der Waals surface area contributed by atoms with Gasteiger partial charge in [0.1, 0.15) is 5.84 Å². The number of nitrogens with two attached hydrogens (primary N) is 1. The van der Waals surface area contributed by atoms with Crippen LogP contribution < -0.4 is 11.1 Å². The van der Waals surface area contributed by atoms with Gasteiger partial charge in [-0.1, -0.05) is 0 Å². The molecule has 0 spiro atoms. The summed E-state index contributed by atoms with van der Waals surface area (Å²) < 4.78 is 0. The molecule has 60 valence electrons. The van der Waals surface area contributed by atoms with Crippen molar-refractivity contribution >= 4 is 11.7 Å². The SMILES string of the molecule is CN/C(C)=C1/CC(=O)N=C1N. The second kappa shape index (κ2) is 2.74. The van der Waals surface area contributed by atoms with Crippen LogP contribution in [0.5, 0.6) is 0 Å². The number of carbonyl (C=O) groups excluding carboxylic acids is 1. The van der Waals surface area contributed by atoms with E-state index in [2.05, 4.69) is 10.3 Å². The molecular weight excluding hydrogens is 142 g/mol. The minimum absolute atomic E-state index is 0.160. The van der Waals surface area contributed by atoms with Crippen molar-refractivity contribution < 1.29 is 4.79 Å². The summed E-state index contributed by atoms with van der Waals surface area (Å²) in [6, 6.07) is 0. The smallest absolute Gasteiger partial charge is 0.252 e. The van der Waals surface area contributed by atoms with Gasteiger partial charge in [-0.3, -0.25) is 4.79 Å². The standard InChI is InChI=1S/C7H11N3O/c1-4(9-2)5-3-6(11)10-7(5)8/h9H,3H2,1-2H3,(H2,8,10,11)/b5-4-. The Kier molecular flexibility index (Phi) is 1.94. The highest BCUT2D eigenvalue weighted by Gasteiger charge is 2.19. The van der Waals surface area contributed by atoms with Gasteiger partial charge in [0, 0.05) is 18.3 Å². The number of amides is 1. The molecule has 4 heteroatoms. The highest BCUT2D eigenvalue weighted by Crippen LogP contribution is 2.13. The van der Waals surface area contributed by atoms with E-state index in [0.717, 1.165) is 11.3 Å². The molecule has 3 N–H and O–H groups in total. The molecule has 1 rings (SSSR count). The molecule has 0 saturated carbocycles. The molecule has 1 amide bonds. The zero-order valence-corrected chi connectivity index (χ0v) is 6.64. The molecular formula is C7H11N3O. The van der Waals surface area contributed by atoms with Crippen molar-refractivity contribution in [3.63, 3.8) is 0 Å². The third-order valence-electron chi connectivity index (χ3n) is 1.71. The fraction of sp³-hybridized carbons (Fsp3) is 0.429. The van der Waals surface area contributed by atoms with Crippen molar-refractivity contribution in [2.75, 3.05) is 7.05 Å². The largest absolute Gasteiger partial charge is 0.391 e. The normalized spacial score (nSPS) is 21.6. The lowest BCUT2D eigenvalue weighted by atomic mass is 10.1. The van der Waals surface area contributed by atoms with Crippen LogP contribution in [-0.2, 0) is 4.79 Å². The minimum Gasteiger partial charge on any atom is -0.391 e. The zero-order chi connectivity index (χ0) is 8.43. The van der Waals surface area contributed by atoms with Crippen LogP contribution >= 0.6 is 0 Å². The average molecular weight is 153 g/mol. The number of hydrogen-bond acceptors (Lipinski definition) is 3. The second-order valence-electron chi connectivity index (χ2n) is 2.42. The van der Waals surface area contributed by atoms with Crippen molar-refractivity contribution in [3.8, 4) is 0 Å². The summed E-state index contributed by atoms with van der Waals surface area (Å²) in [5.74, 6) is 0.189. The molecule has 0 fully saturated rings. The molecule has 0 aromatic carbocycles. The van der Waals surface area contributed by atoms with Gasteiger partial charge in [0.15, 0.2) is 0 Å². The number of aliphatic imine (C=N–C) groups is 1.